The number of benzene rings is 2. The van der Waals surface area contributed by atoms with Crippen LogP contribution in [-0.4, -0.2) is 40.2 Å². The molecule has 1 amide bonds. The van der Waals surface area contributed by atoms with E-state index in [0.717, 1.165) is 47.2 Å². The van der Waals surface area contributed by atoms with E-state index in [2.05, 4.69) is 70.7 Å². The molecule has 0 aliphatic carbocycles. The van der Waals surface area contributed by atoms with Crippen LogP contribution >= 0.6 is 0 Å². The molecular weight excluding hydrogens is 490 g/mol. The Morgan fingerprint density at radius 2 is 1.79 bits per heavy atom. The van der Waals surface area contributed by atoms with Gasteiger partial charge < -0.3 is 19.1 Å². The number of aryl methyl sites for hydroxylation is 4. The number of nitrogens with zero attached hydrogens (tertiary/aromatic N) is 3. The fourth-order valence-electron chi connectivity index (χ4n) is 4.72. The molecule has 2 aromatic carbocycles. The summed E-state index contributed by atoms with van der Waals surface area (Å²) in [5.41, 5.74) is 7.36. The Hall–Kier alpha value is -3.87. The van der Waals surface area contributed by atoms with Crippen LogP contribution < -0.4 is 9.47 Å². The van der Waals surface area contributed by atoms with Crippen molar-refractivity contribution in [3.8, 4) is 23.0 Å². The minimum atomic E-state index is -0.432. The van der Waals surface area contributed by atoms with Crippen molar-refractivity contribution < 1.29 is 19.0 Å². The third-order valence-electron chi connectivity index (χ3n) is 7.22. The maximum Gasteiger partial charge on any atom is 0.414 e. The Bertz CT molecular complexity index is 1320. The van der Waals surface area contributed by atoms with Crippen molar-refractivity contribution >= 4 is 6.09 Å². The average molecular weight is 530 g/mol. The van der Waals surface area contributed by atoms with Gasteiger partial charge in [0.05, 0.1) is 30.6 Å². The summed E-state index contributed by atoms with van der Waals surface area (Å²) in [6.07, 6.45) is 2.25. The second-order valence-corrected chi connectivity index (χ2v) is 10.2. The fraction of sp³-hybridized carbons (Fsp3) is 0.406. The molecule has 206 valence electrons. The van der Waals surface area contributed by atoms with Gasteiger partial charge in [0.15, 0.2) is 5.82 Å². The van der Waals surface area contributed by atoms with Crippen LogP contribution in [0.3, 0.4) is 0 Å². The van der Waals surface area contributed by atoms with Gasteiger partial charge in [0.1, 0.15) is 18.5 Å². The zero-order valence-electron chi connectivity index (χ0n) is 23.9. The zero-order chi connectivity index (χ0) is 28.1. The van der Waals surface area contributed by atoms with E-state index in [-0.39, 0.29) is 12.7 Å². The number of carbonyl (C=O) groups is 1. The Labute approximate surface area is 231 Å². The van der Waals surface area contributed by atoms with Gasteiger partial charge in [0.25, 0.3) is 0 Å². The lowest BCUT2D eigenvalue weighted by molar-refractivity contribution is 0.0195. The summed E-state index contributed by atoms with van der Waals surface area (Å²) in [6.45, 7) is 17.2. The molecule has 1 fully saturated rings. The predicted molar refractivity (Wildman–Crippen MR) is 153 cm³/mol. The van der Waals surface area contributed by atoms with Crippen molar-refractivity contribution in [2.24, 2.45) is 0 Å². The SMILES string of the molecule is C=COC(=O)N1CC(Oc2nc(-c3c(CC)cccc3CC)nc(C)c2COc2cc(C(C)C)ccc2C)C1. The highest BCUT2D eigenvalue weighted by Gasteiger charge is 2.34. The molecule has 0 saturated carbocycles. The molecule has 1 aliphatic rings. The molecule has 1 saturated heterocycles. The largest absolute Gasteiger partial charge is 0.488 e. The van der Waals surface area contributed by atoms with E-state index >= 15 is 0 Å². The van der Waals surface area contributed by atoms with Gasteiger partial charge >= 0.3 is 6.09 Å². The lowest BCUT2D eigenvalue weighted by Crippen LogP contribution is -2.56. The number of aromatic nitrogens is 2. The minimum absolute atomic E-state index is 0.207. The van der Waals surface area contributed by atoms with E-state index in [1.807, 2.05) is 13.8 Å². The molecular formula is C32H39N3O4. The van der Waals surface area contributed by atoms with Crippen molar-refractivity contribution in [1.82, 2.24) is 14.9 Å². The second kappa shape index (κ2) is 12.3. The molecule has 0 radical (unpaired) electrons. The molecule has 7 nitrogen and oxygen atoms in total. The molecule has 3 aromatic rings. The molecule has 7 heteroatoms. The number of hydrogen-bond donors (Lipinski definition) is 0. The molecule has 0 N–H and O–H groups in total. The monoisotopic (exact) mass is 529 g/mol. The first-order chi connectivity index (χ1) is 18.7. The minimum Gasteiger partial charge on any atom is -0.488 e. The lowest BCUT2D eigenvalue weighted by atomic mass is 9.96. The van der Waals surface area contributed by atoms with Crippen molar-refractivity contribution in [2.45, 2.75) is 73.0 Å². The van der Waals surface area contributed by atoms with Crippen molar-refractivity contribution in [3.63, 3.8) is 0 Å². The molecule has 0 bridgehead atoms. The Morgan fingerprint density at radius 1 is 1.10 bits per heavy atom. The van der Waals surface area contributed by atoms with Gasteiger partial charge in [-0.25, -0.2) is 9.78 Å². The summed E-state index contributed by atoms with van der Waals surface area (Å²) in [5, 5.41) is 0. The van der Waals surface area contributed by atoms with Crippen LogP contribution in [0.5, 0.6) is 11.6 Å². The molecule has 0 spiro atoms. The average Bonchev–Trinajstić information content (AvgIpc) is 2.89. The first-order valence-corrected chi connectivity index (χ1v) is 13.7. The van der Waals surface area contributed by atoms with Crippen molar-refractivity contribution in [1.29, 1.82) is 0 Å². The number of likely N-dealkylation sites (tertiary alicyclic amines) is 1. The molecule has 1 aliphatic heterocycles. The number of carbonyl (C=O) groups excluding carboxylic acids is 1. The summed E-state index contributed by atoms with van der Waals surface area (Å²) < 4.78 is 17.6. The number of rotatable bonds is 10. The molecule has 2 heterocycles. The summed E-state index contributed by atoms with van der Waals surface area (Å²) in [7, 11) is 0. The van der Waals surface area contributed by atoms with Crippen LogP contribution in [0.2, 0.25) is 0 Å². The van der Waals surface area contributed by atoms with E-state index in [1.165, 1.54) is 16.7 Å². The van der Waals surface area contributed by atoms with E-state index < -0.39 is 6.09 Å². The Kier molecular flexibility index (Phi) is 8.90. The topological polar surface area (TPSA) is 73.8 Å². The standard InChI is InChI=1S/C32H39N3O4/c1-8-23-12-11-13-24(9-2)29(23)30-33-22(7)27(19-38-28-16-25(20(4)5)15-14-21(28)6)31(34-30)39-26-17-35(18-26)32(36)37-10-3/h10-16,20,26H,3,8-9,17-19H2,1-2,4-7H3. The van der Waals surface area contributed by atoms with Crippen molar-refractivity contribution in [3.05, 3.63) is 82.8 Å². The van der Waals surface area contributed by atoms with Gasteiger partial charge in [-0.05, 0) is 60.9 Å². The van der Waals surface area contributed by atoms with Gasteiger partial charge in [-0.1, -0.05) is 64.6 Å². The van der Waals surface area contributed by atoms with E-state index in [4.69, 9.17) is 24.2 Å². The van der Waals surface area contributed by atoms with Crippen LogP contribution in [0.15, 0.2) is 49.2 Å². The van der Waals surface area contributed by atoms with Crippen LogP contribution in [-0.2, 0) is 24.2 Å². The number of ether oxygens (including phenoxy) is 3. The van der Waals surface area contributed by atoms with Crippen molar-refractivity contribution in [2.75, 3.05) is 13.1 Å². The maximum absolute atomic E-state index is 12.0. The van der Waals surface area contributed by atoms with Gasteiger partial charge in [-0.3, -0.25) is 0 Å². The van der Waals surface area contributed by atoms with Crippen LogP contribution in [0, 0.1) is 13.8 Å². The quantitative estimate of drug-likeness (QED) is 0.265. The third-order valence-corrected chi connectivity index (χ3v) is 7.22. The normalized spacial score (nSPS) is 13.3. The zero-order valence-corrected chi connectivity index (χ0v) is 23.9. The first kappa shape index (κ1) is 28.1. The number of amides is 1. The van der Waals surface area contributed by atoms with Gasteiger partial charge in [-0.15, -0.1) is 0 Å². The Balaban J connectivity index is 1.69. The van der Waals surface area contributed by atoms with E-state index in [1.54, 1.807) is 4.90 Å². The predicted octanol–water partition coefficient (Wildman–Crippen LogP) is 6.93. The van der Waals surface area contributed by atoms with E-state index in [0.29, 0.717) is 30.7 Å². The number of hydrogen-bond acceptors (Lipinski definition) is 6. The summed E-state index contributed by atoms with van der Waals surface area (Å²) in [6, 6.07) is 12.7. The smallest absolute Gasteiger partial charge is 0.414 e. The molecule has 39 heavy (non-hydrogen) atoms. The summed E-state index contributed by atoms with van der Waals surface area (Å²) >= 11 is 0. The van der Waals surface area contributed by atoms with Crippen LogP contribution in [0.25, 0.3) is 11.4 Å². The first-order valence-electron chi connectivity index (χ1n) is 13.7. The highest BCUT2D eigenvalue weighted by atomic mass is 16.6. The summed E-state index contributed by atoms with van der Waals surface area (Å²) in [5.74, 6) is 2.38. The highest BCUT2D eigenvalue weighted by Crippen LogP contribution is 2.33. The van der Waals surface area contributed by atoms with E-state index in [9.17, 15) is 4.79 Å². The fourth-order valence-corrected chi connectivity index (χ4v) is 4.72. The van der Waals surface area contributed by atoms with Crippen LogP contribution in [0.1, 0.15) is 67.1 Å². The molecule has 4 rings (SSSR count). The Morgan fingerprint density at radius 3 is 2.41 bits per heavy atom. The van der Waals surface area contributed by atoms with Gasteiger partial charge in [0, 0.05) is 5.56 Å². The molecule has 1 aromatic heterocycles. The molecule has 0 atom stereocenters. The highest BCUT2D eigenvalue weighted by molar-refractivity contribution is 5.69. The maximum atomic E-state index is 12.0. The molecule has 0 unspecified atom stereocenters. The van der Waals surface area contributed by atoms with Crippen LogP contribution in [0.4, 0.5) is 4.79 Å². The third kappa shape index (κ3) is 6.24. The summed E-state index contributed by atoms with van der Waals surface area (Å²) in [4.78, 5) is 23.5. The van der Waals surface area contributed by atoms with Gasteiger partial charge in [-0.2, -0.15) is 4.98 Å². The second-order valence-electron chi connectivity index (χ2n) is 10.2. The lowest BCUT2D eigenvalue weighted by Gasteiger charge is -2.37. The van der Waals surface area contributed by atoms with Gasteiger partial charge in [0.2, 0.25) is 5.88 Å².